The molecule has 2 unspecified atom stereocenters. The highest BCUT2D eigenvalue weighted by Crippen LogP contribution is 2.45. The fourth-order valence-corrected chi connectivity index (χ4v) is 4.35. The molecule has 2 fully saturated rings. The Hall–Kier alpha value is -3.31. The number of hydrogen-bond donors (Lipinski definition) is 1. The Kier molecular flexibility index (Phi) is 6.41. The third-order valence-corrected chi connectivity index (χ3v) is 6.13. The number of hydrogen-bond acceptors (Lipinski definition) is 6. The topological polar surface area (TPSA) is 97.3 Å². The van der Waals surface area contributed by atoms with Crippen LogP contribution in [0.25, 0.3) is 11.3 Å². The van der Waals surface area contributed by atoms with Crippen LogP contribution in [-0.4, -0.2) is 50.0 Å². The largest absolute Gasteiger partial charge is 0.451 e. The first kappa shape index (κ1) is 24.8. The van der Waals surface area contributed by atoms with Gasteiger partial charge in [0, 0.05) is 36.6 Å². The van der Waals surface area contributed by atoms with E-state index in [1.165, 1.54) is 11.0 Å². The first-order chi connectivity index (χ1) is 16.3. The van der Waals surface area contributed by atoms with E-state index in [1.807, 2.05) is 0 Å². The van der Waals surface area contributed by atoms with Gasteiger partial charge in [-0.25, -0.2) is 19.2 Å². The number of alkyl halides is 3. The highest BCUT2D eigenvalue weighted by atomic mass is 19.4. The lowest BCUT2D eigenvalue weighted by atomic mass is 9.73. The number of ether oxygens (including phenoxy) is 1. The summed E-state index contributed by atoms with van der Waals surface area (Å²) in [6.07, 6.45) is -0.698. The smallest absolute Gasteiger partial charge is 0.444 e. The van der Waals surface area contributed by atoms with E-state index in [0.717, 1.165) is 31.4 Å². The lowest BCUT2D eigenvalue weighted by Gasteiger charge is -2.33. The van der Waals surface area contributed by atoms with E-state index in [-0.39, 0.29) is 35.2 Å². The van der Waals surface area contributed by atoms with Crippen molar-refractivity contribution in [3.8, 4) is 11.3 Å². The average molecular weight is 495 g/mol. The van der Waals surface area contributed by atoms with E-state index in [4.69, 9.17) is 4.74 Å². The maximum absolute atomic E-state index is 14.4. The molecule has 1 aliphatic heterocycles. The van der Waals surface area contributed by atoms with E-state index in [1.54, 1.807) is 20.8 Å². The Morgan fingerprint density at radius 2 is 1.80 bits per heavy atom. The Morgan fingerprint density at radius 1 is 1.11 bits per heavy atom. The van der Waals surface area contributed by atoms with Crippen molar-refractivity contribution in [1.29, 1.82) is 0 Å². The van der Waals surface area contributed by atoms with Crippen LogP contribution in [0.2, 0.25) is 0 Å². The van der Waals surface area contributed by atoms with E-state index < -0.39 is 41.5 Å². The van der Waals surface area contributed by atoms with Crippen molar-refractivity contribution >= 4 is 12.0 Å². The van der Waals surface area contributed by atoms with Crippen molar-refractivity contribution in [1.82, 2.24) is 25.2 Å². The van der Waals surface area contributed by atoms with Crippen molar-refractivity contribution in [2.75, 3.05) is 6.54 Å². The number of carbonyl (C=O) groups is 2. The molecule has 12 heteroatoms. The van der Waals surface area contributed by atoms with Gasteiger partial charge in [0.1, 0.15) is 17.5 Å². The summed E-state index contributed by atoms with van der Waals surface area (Å²) in [5, 5.41) is 2.69. The molecule has 1 saturated carbocycles. The zero-order valence-electron chi connectivity index (χ0n) is 19.4. The number of halogens is 4. The van der Waals surface area contributed by atoms with Crippen molar-refractivity contribution in [2.45, 2.75) is 58.0 Å². The molecule has 2 aromatic rings. The van der Waals surface area contributed by atoms with Gasteiger partial charge in [0.2, 0.25) is 11.7 Å². The predicted octanol–water partition coefficient (Wildman–Crippen LogP) is 3.96. The van der Waals surface area contributed by atoms with Gasteiger partial charge < -0.3 is 10.1 Å². The van der Waals surface area contributed by atoms with Crippen LogP contribution in [-0.2, 0) is 22.3 Å². The molecule has 188 valence electrons. The van der Waals surface area contributed by atoms with Crippen LogP contribution < -0.4 is 5.32 Å². The second-order valence-electron chi connectivity index (χ2n) is 9.75. The molecule has 3 atom stereocenters. The van der Waals surface area contributed by atoms with Gasteiger partial charge in [0.15, 0.2) is 0 Å². The maximum atomic E-state index is 14.4. The molecule has 8 nitrogen and oxygen atoms in total. The zero-order chi connectivity index (χ0) is 25.5. The summed E-state index contributed by atoms with van der Waals surface area (Å²) in [5.41, 5.74) is -0.317. The van der Waals surface area contributed by atoms with Gasteiger partial charge in [0.25, 0.3) is 0 Å². The fraction of sp³-hybridized carbons (Fsp3) is 0.522. The van der Waals surface area contributed by atoms with Crippen LogP contribution in [0.3, 0.4) is 0 Å². The lowest BCUT2D eigenvalue weighted by molar-refractivity contribution is -0.145. The van der Waals surface area contributed by atoms with Crippen LogP contribution in [0.15, 0.2) is 24.7 Å². The summed E-state index contributed by atoms with van der Waals surface area (Å²) in [6, 6.07) is 0.602. The number of amides is 2. The number of fused-ring (bicyclic) bond motifs is 1. The minimum absolute atomic E-state index is 0.0182. The highest BCUT2D eigenvalue weighted by Gasteiger charge is 2.52. The zero-order valence-corrected chi connectivity index (χ0v) is 19.4. The number of carbonyl (C=O) groups excluding carboxylic acids is 2. The summed E-state index contributed by atoms with van der Waals surface area (Å²) in [4.78, 5) is 37.6. The SMILES string of the molecule is CC(C)(C)OC(=O)N1CC2CCC2[C@H]1C(=O)NCc1cc(-c2cnc(C(F)(F)F)nc2)ncc1F. The molecular weight excluding hydrogens is 470 g/mol. The third kappa shape index (κ3) is 5.35. The van der Waals surface area contributed by atoms with Crippen LogP contribution >= 0.6 is 0 Å². The van der Waals surface area contributed by atoms with Gasteiger partial charge in [-0.3, -0.25) is 14.7 Å². The first-order valence-electron chi connectivity index (χ1n) is 11.1. The normalized spacial score (nSPS) is 21.8. The molecule has 4 rings (SSSR count). The average Bonchev–Trinajstić information content (AvgIpc) is 3.01. The summed E-state index contributed by atoms with van der Waals surface area (Å²) >= 11 is 0. The molecular formula is C23H25F4N5O3. The van der Waals surface area contributed by atoms with Crippen LogP contribution in [0.4, 0.5) is 22.4 Å². The maximum Gasteiger partial charge on any atom is 0.451 e. The molecule has 3 heterocycles. The first-order valence-corrected chi connectivity index (χ1v) is 11.1. The van der Waals surface area contributed by atoms with E-state index >= 15 is 0 Å². The fourth-order valence-electron chi connectivity index (χ4n) is 4.35. The molecule has 35 heavy (non-hydrogen) atoms. The van der Waals surface area contributed by atoms with Crippen molar-refractivity contribution < 1.29 is 31.9 Å². The van der Waals surface area contributed by atoms with Gasteiger partial charge in [0.05, 0.1) is 11.9 Å². The molecule has 1 aliphatic carbocycles. The van der Waals surface area contributed by atoms with Crippen LogP contribution in [0.1, 0.15) is 45.0 Å². The van der Waals surface area contributed by atoms with Gasteiger partial charge in [-0.15, -0.1) is 0 Å². The molecule has 1 N–H and O–H groups in total. The molecule has 0 radical (unpaired) electrons. The van der Waals surface area contributed by atoms with Crippen LogP contribution in [0.5, 0.6) is 0 Å². The summed E-state index contributed by atoms with van der Waals surface area (Å²) in [6.45, 7) is 5.47. The van der Waals surface area contributed by atoms with Gasteiger partial charge >= 0.3 is 12.3 Å². The van der Waals surface area contributed by atoms with Crippen LogP contribution in [0, 0.1) is 17.7 Å². The Bertz CT molecular complexity index is 1120. The molecule has 1 saturated heterocycles. The van der Waals surface area contributed by atoms with Crippen molar-refractivity contribution in [3.63, 3.8) is 0 Å². The Morgan fingerprint density at radius 3 is 2.37 bits per heavy atom. The number of likely N-dealkylation sites (tertiary alicyclic amines) is 1. The van der Waals surface area contributed by atoms with E-state index in [9.17, 15) is 27.2 Å². The number of nitrogens with one attached hydrogen (secondary N) is 1. The molecule has 2 amide bonds. The summed E-state index contributed by atoms with van der Waals surface area (Å²) in [5.74, 6) is -2.17. The molecule has 2 aliphatic rings. The van der Waals surface area contributed by atoms with Gasteiger partial charge in [-0.2, -0.15) is 13.2 Å². The number of aromatic nitrogens is 3. The van der Waals surface area contributed by atoms with Gasteiger partial charge in [-0.1, -0.05) is 0 Å². The third-order valence-electron chi connectivity index (χ3n) is 6.13. The standard InChI is InChI=1S/C23H25F4N5O3/c1-22(2,3)35-21(34)32-11-12-4-5-15(12)18(32)19(33)29-7-13-6-17(28-10-16(13)24)14-8-30-20(31-9-14)23(25,26)27/h6,8-10,12,15,18H,4-5,7,11H2,1-3H3,(H,29,33)/t12?,15?,18-/m0/s1. The summed E-state index contributed by atoms with van der Waals surface area (Å²) in [7, 11) is 0. The highest BCUT2D eigenvalue weighted by molar-refractivity contribution is 5.87. The van der Waals surface area contributed by atoms with E-state index in [0.29, 0.717) is 6.54 Å². The quantitative estimate of drug-likeness (QED) is 0.645. The second kappa shape index (κ2) is 9.04. The predicted molar refractivity (Wildman–Crippen MR) is 115 cm³/mol. The monoisotopic (exact) mass is 495 g/mol. The second-order valence-corrected chi connectivity index (χ2v) is 9.75. The van der Waals surface area contributed by atoms with Crippen molar-refractivity contribution in [3.05, 3.63) is 41.9 Å². The minimum atomic E-state index is -4.68. The van der Waals surface area contributed by atoms with Gasteiger partial charge in [-0.05, 0) is 51.5 Å². The molecule has 0 spiro atoms. The summed E-state index contributed by atoms with van der Waals surface area (Å²) < 4.78 is 57.9. The number of rotatable bonds is 4. The molecule has 0 aromatic carbocycles. The lowest BCUT2D eigenvalue weighted by Crippen LogP contribution is -2.50. The molecule has 2 aromatic heterocycles. The Balaban J connectivity index is 1.47. The van der Waals surface area contributed by atoms with Crippen molar-refractivity contribution in [2.24, 2.45) is 11.8 Å². The Labute approximate surface area is 199 Å². The number of nitrogens with zero attached hydrogens (tertiary/aromatic N) is 4. The molecule has 0 bridgehead atoms. The minimum Gasteiger partial charge on any atom is -0.444 e. The van der Waals surface area contributed by atoms with E-state index in [2.05, 4.69) is 20.3 Å². The number of pyridine rings is 1.